The highest BCUT2D eigenvalue weighted by Gasteiger charge is 2.08. The molecule has 14 heavy (non-hydrogen) atoms. The van der Waals surface area contributed by atoms with Crippen LogP contribution in [0.5, 0.6) is 0 Å². The number of nitrogens with zero attached hydrogens (tertiary/aromatic N) is 2. The van der Waals surface area contributed by atoms with E-state index in [0.29, 0.717) is 0 Å². The van der Waals surface area contributed by atoms with E-state index in [9.17, 15) is 4.79 Å². The molecule has 1 aromatic heterocycles. The number of hydrogen-bond donors (Lipinski definition) is 0. The van der Waals surface area contributed by atoms with Crippen LogP contribution in [0.4, 0.5) is 0 Å². The Hall–Kier alpha value is -1.51. The van der Waals surface area contributed by atoms with Gasteiger partial charge in [-0.3, -0.25) is 9.13 Å². The fraction of sp³-hybridized carbons (Fsp3) is 0.364. The van der Waals surface area contributed by atoms with Crippen molar-refractivity contribution in [1.29, 1.82) is 0 Å². The zero-order valence-electron chi connectivity index (χ0n) is 8.53. The van der Waals surface area contributed by atoms with Gasteiger partial charge in [-0.25, -0.2) is 4.79 Å². The normalized spacial score (nSPS) is 11.0. The average molecular weight is 190 g/mol. The molecule has 2 rings (SSSR count). The Bertz CT molecular complexity index is 463. The Morgan fingerprint density at radius 3 is 1.79 bits per heavy atom. The third-order valence-electron chi connectivity index (χ3n) is 2.56. The van der Waals surface area contributed by atoms with E-state index >= 15 is 0 Å². The highest BCUT2D eigenvalue weighted by atomic mass is 16.1. The zero-order chi connectivity index (χ0) is 10.1. The quantitative estimate of drug-likeness (QED) is 0.710. The van der Waals surface area contributed by atoms with Crippen molar-refractivity contribution < 1.29 is 0 Å². The van der Waals surface area contributed by atoms with Crippen LogP contribution >= 0.6 is 0 Å². The SMILES string of the molecule is CCn1c(=O)n(CC)c2ccccc21. The molecule has 0 saturated carbocycles. The molecule has 3 nitrogen and oxygen atoms in total. The summed E-state index contributed by atoms with van der Waals surface area (Å²) >= 11 is 0. The maximum Gasteiger partial charge on any atom is 0.329 e. The summed E-state index contributed by atoms with van der Waals surface area (Å²) in [6.45, 7) is 5.44. The van der Waals surface area contributed by atoms with Crippen LogP contribution < -0.4 is 5.69 Å². The molecule has 1 heterocycles. The molecule has 0 aliphatic rings. The van der Waals surface area contributed by atoms with Crippen molar-refractivity contribution in [2.24, 2.45) is 0 Å². The second kappa shape index (κ2) is 3.33. The molecule has 2 aromatic rings. The summed E-state index contributed by atoms with van der Waals surface area (Å²) in [5.41, 5.74) is 2.15. The average Bonchev–Trinajstić information content (AvgIpc) is 2.49. The predicted octanol–water partition coefficient (Wildman–Crippen LogP) is 1.84. The number of benzene rings is 1. The maximum atomic E-state index is 11.9. The van der Waals surface area contributed by atoms with Crippen LogP contribution in [-0.4, -0.2) is 9.13 Å². The highest BCUT2D eigenvalue weighted by Crippen LogP contribution is 2.11. The smallest absolute Gasteiger partial charge is 0.292 e. The first-order valence-electron chi connectivity index (χ1n) is 4.97. The van der Waals surface area contributed by atoms with Gasteiger partial charge in [0.15, 0.2) is 0 Å². The van der Waals surface area contributed by atoms with Crippen molar-refractivity contribution in [1.82, 2.24) is 9.13 Å². The van der Waals surface area contributed by atoms with E-state index in [1.807, 2.05) is 38.1 Å². The van der Waals surface area contributed by atoms with Gasteiger partial charge in [0.1, 0.15) is 0 Å². The molecule has 0 radical (unpaired) electrons. The van der Waals surface area contributed by atoms with Gasteiger partial charge in [0.25, 0.3) is 0 Å². The summed E-state index contributed by atoms with van der Waals surface area (Å²) in [6.07, 6.45) is 0. The summed E-state index contributed by atoms with van der Waals surface area (Å²) in [6, 6.07) is 7.92. The Morgan fingerprint density at radius 1 is 1.00 bits per heavy atom. The van der Waals surface area contributed by atoms with Crippen LogP contribution in [-0.2, 0) is 13.1 Å². The van der Waals surface area contributed by atoms with Crippen LogP contribution in [0, 0.1) is 0 Å². The predicted molar refractivity (Wildman–Crippen MR) is 57.5 cm³/mol. The summed E-state index contributed by atoms with van der Waals surface area (Å²) < 4.78 is 3.61. The summed E-state index contributed by atoms with van der Waals surface area (Å²) in [5.74, 6) is 0. The van der Waals surface area contributed by atoms with Crippen LogP contribution in [0.25, 0.3) is 11.0 Å². The third-order valence-corrected chi connectivity index (χ3v) is 2.56. The lowest BCUT2D eigenvalue weighted by molar-refractivity contribution is 0.671. The van der Waals surface area contributed by atoms with Crippen molar-refractivity contribution in [2.75, 3.05) is 0 Å². The lowest BCUT2D eigenvalue weighted by Crippen LogP contribution is -2.22. The minimum absolute atomic E-state index is 0.0937. The van der Waals surface area contributed by atoms with Crippen molar-refractivity contribution >= 4 is 11.0 Å². The second-order valence-electron chi connectivity index (χ2n) is 3.26. The number of aryl methyl sites for hydroxylation is 2. The molecule has 0 unspecified atom stereocenters. The molecule has 0 spiro atoms. The number of fused-ring (bicyclic) bond motifs is 1. The Balaban J connectivity index is 2.92. The number of hydrogen-bond acceptors (Lipinski definition) is 1. The van der Waals surface area contributed by atoms with Gasteiger partial charge >= 0.3 is 5.69 Å². The topological polar surface area (TPSA) is 26.9 Å². The summed E-state index contributed by atoms with van der Waals surface area (Å²) in [7, 11) is 0. The fourth-order valence-corrected chi connectivity index (χ4v) is 1.88. The van der Waals surface area contributed by atoms with Gasteiger partial charge in [-0.05, 0) is 26.0 Å². The Morgan fingerprint density at radius 2 is 1.43 bits per heavy atom. The zero-order valence-corrected chi connectivity index (χ0v) is 8.53. The standard InChI is InChI=1S/C11H14N2O/c1-3-12-9-7-5-6-8-10(9)13(4-2)11(12)14/h5-8H,3-4H2,1-2H3. The van der Waals surface area contributed by atoms with E-state index in [2.05, 4.69) is 0 Å². The first-order chi connectivity index (χ1) is 6.79. The van der Waals surface area contributed by atoms with Crippen LogP contribution in [0.15, 0.2) is 29.1 Å². The minimum Gasteiger partial charge on any atom is -0.292 e. The maximum absolute atomic E-state index is 11.9. The van der Waals surface area contributed by atoms with Gasteiger partial charge < -0.3 is 0 Å². The lowest BCUT2D eigenvalue weighted by atomic mass is 10.3. The van der Waals surface area contributed by atoms with E-state index in [1.165, 1.54) is 0 Å². The molecular weight excluding hydrogens is 176 g/mol. The second-order valence-corrected chi connectivity index (χ2v) is 3.26. The number of aromatic nitrogens is 2. The molecule has 3 heteroatoms. The first kappa shape index (κ1) is 9.06. The Labute approximate surface area is 82.6 Å². The van der Waals surface area contributed by atoms with Gasteiger partial charge in [0.2, 0.25) is 0 Å². The number of para-hydroxylation sites is 2. The van der Waals surface area contributed by atoms with E-state index in [4.69, 9.17) is 0 Å². The molecule has 0 amide bonds. The van der Waals surface area contributed by atoms with Gasteiger partial charge in [-0.1, -0.05) is 12.1 Å². The highest BCUT2D eigenvalue weighted by molar-refractivity contribution is 5.75. The molecule has 0 aliphatic carbocycles. The van der Waals surface area contributed by atoms with Crippen LogP contribution in [0.3, 0.4) is 0 Å². The Kier molecular flexibility index (Phi) is 2.15. The van der Waals surface area contributed by atoms with Crippen LogP contribution in [0.1, 0.15) is 13.8 Å². The van der Waals surface area contributed by atoms with Crippen molar-refractivity contribution in [2.45, 2.75) is 26.9 Å². The van der Waals surface area contributed by atoms with Crippen LogP contribution in [0.2, 0.25) is 0 Å². The molecule has 0 atom stereocenters. The molecular formula is C11H14N2O. The summed E-state index contributed by atoms with van der Waals surface area (Å²) in [5, 5.41) is 0. The number of rotatable bonds is 2. The van der Waals surface area contributed by atoms with Crippen molar-refractivity contribution in [3.8, 4) is 0 Å². The largest absolute Gasteiger partial charge is 0.329 e. The third kappa shape index (κ3) is 1.09. The van der Waals surface area contributed by atoms with Gasteiger partial charge in [0.05, 0.1) is 11.0 Å². The van der Waals surface area contributed by atoms with Gasteiger partial charge in [-0.2, -0.15) is 0 Å². The molecule has 0 saturated heterocycles. The minimum atomic E-state index is 0.0937. The summed E-state index contributed by atoms with van der Waals surface area (Å²) in [4.78, 5) is 11.9. The van der Waals surface area contributed by atoms with Crippen molar-refractivity contribution in [3.63, 3.8) is 0 Å². The van der Waals surface area contributed by atoms with E-state index < -0.39 is 0 Å². The molecule has 0 N–H and O–H groups in total. The molecule has 74 valence electrons. The molecule has 0 bridgehead atoms. The first-order valence-corrected chi connectivity index (χ1v) is 4.97. The molecule has 0 aliphatic heterocycles. The van der Waals surface area contributed by atoms with Gasteiger partial charge in [-0.15, -0.1) is 0 Å². The van der Waals surface area contributed by atoms with Crippen molar-refractivity contribution in [3.05, 3.63) is 34.7 Å². The number of imidazole rings is 1. The fourth-order valence-electron chi connectivity index (χ4n) is 1.88. The molecule has 0 fully saturated rings. The van der Waals surface area contributed by atoms with E-state index in [-0.39, 0.29) is 5.69 Å². The van der Waals surface area contributed by atoms with E-state index in [0.717, 1.165) is 24.1 Å². The van der Waals surface area contributed by atoms with E-state index in [1.54, 1.807) is 9.13 Å². The van der Waals surface area contributed by atoms with Gasteiger partial charge in [0, 0.05) is 13.1 Å². The lowest BCUT2D eigenvalue weighted by Gasteiger charge is -1.95. The monoisotopic (exact) mass is 190 g/mol. The molecule has 1 aromatic carbocycles.